The molecule has 2 aromatic rings. The summed E-state index contributed by atoms with van der Waals surface area (Å²) >= 11 is 0. The molecule has 4 rings (SSSR count). The van der Waals surface area contributed by atoms with Crippen molar-refractivity contribution in [3.8, 4) is 0 Å². The van der Waals surface area contributed by atoms with Crippen molar-refractivity contribution >= 4 is 11.8 Å². The van der Waals surface area contributed by atoms with Crippen molar-refractivity contribution in [2.75, 3.05) is 26.2 Å². The van der Waals surface area contributed by atoms with Gasteiger partial charge in [0.05, 0.1) is 5.92 Å². The summed E-state index contributed by atoms with van der Waals surface area (Å²) in [6.45, 7) is 4.69. The molecule has 5 nitrogen and oxygen atoms in total. The van der Waals surface area contributed by atoms with Crippen LogP contribution < -0.4 is 0 Å². The molecule has 27 heavy (non-hydrogen) atoms. The van der Waals surface area contributed by atoms with Gasteiger partial charge in [0.25, 0.3) is 5.91 Å². The first-order valence-electron chi connectivity index (χ1n) is 9.68. The molecule has 5 heteroatoms. The first-order chi connectivity index (χ1) is 13.1. The Kier molecular flexibility index (Phi) is 4.92. The van der Waals surface area contributed by atoms with Crippen LogP contribution in [0.2, 0.25) is 0 Å². The molecule has 1 aromatic carbocycles. The average molecular weight is 363 g/mol. The maximum atomic E-state index is 13.2. The molecule has 0 unspecified atom stereocenters. The number of pyridine rings is 1. The largest absolute Gasteiger partial charge is 0.342 e. The molecule has 140 valence electrons. The van der Waals surface area contributed by atoms with Crippen LogP contribution in [-0.4, -0.2) is 52.8 Å². The molecule has 2 amide bonds. The van der Waals surface area contributed by atoms with Crippen molar-refractivity contribution in [2.45, 2.75) is 25.7 Å². The van der Waals surface area contributed by atoms with E-state index in [2.05, 4.69) is 4.98 Å². The van der Waals surface area contributed by atoms with E-state index in [0.29, 0.717) is 18.7 Å². The second-order valence-electron chi connectivity index (χ2n) is 7.61. The smallest absolute Gasteiger partial charge is 0.253 e. The average Bonchev–Trinajstić information content (AvgIpc) is 3.38. The van der Waals surface area contributed by atoms with Gasteiger partial charge in [-0.15, -0.1) is 0 Å². The standard InChI is InChI=1S/C22H25N3O2/c1-16-6-4-7-17(12-16)21(26)25-14-19(18-8-5-9-23-13-18)20(15-25)22(27)24-10-2-3-11-24/h4-9,12-13,19-20H,2-3,10-11,14-15H2,1H3/t19-,20+/m0/s1. The number of rotatable bonds is 3. The number of nitrogens with zero attached hydrogens (tertiary/aromatic N) is 3. The van der Waals surface area contributed by atoms with Gasteiger partial charge >= 0.3 is 0 Å². The minimum absolute atomic E-state index is 0.000518. The van der Waals surface area contributed by atoms with Crippen molar-refractivity contribution in [1.82, 2.24) is 14.8 Å². The lowest BCUT2D eigenvalue weighted by Gasteiger charge is -2.23. The van der Waals surface area contributed by atoms with Gasteiger partial charge in [0.2, 0.25) is 5.91 Å². The Balaban J connectivity index is 1.60. The molecule has 0 radical (unpaired) electrons. The van der Waals surface area contributed by atoms with Crippen molar-refractivity contribution in [1.29, 1.82) is 0 Å². The van der Waals surface area contributed by atoms with Crippen LogP contribution >= 0.6 is 0 Å². The van der Waals surface area contributed by atoms with Gasteiger partial charge in [-0.25, -0.2) is 0 Å². The number of aryl methyl sites for hydroxylation is 1. The fourth-order valence-electron chi connectivity index (χ4n) is 4.29. The Labute approximate surface area is 160 Å². The zero-order valence-electron chi connectivity index (χ0n) is 15.7. The Morgan fingerprint density at radius 3 is 2.56 bits per heavy atom. The van der Waals surface area contributed by atoms with Gasteiger partial charge in [-0.2, -0.15) is 0 Å². The van der Waals surface area contributed by atoms with Gasteiger partial charge in [-0.3, -0.25) is 14.6 Å². The lowest BCUT2D eigenvalue weighted by molar-refractivity contribution is -0.134. The van der Waals surface area contributed by atoms with Crippen molar-refractivity contribution < 1.29 is 9.59 Å². The lowest BCUT2D eigenvalue weighted by atomic mass is 9.89. The number of hydrogen-bond acceptors (Lipinski definition) is 3. The Morgan fingerprint density at radius 1 is 1.04 bits per heavy atom. The molecule has 0 saturated carbocycles. The van der Waals surface area contributed by atoms with Crippen LogP contribution in [0.1, 0.15) is 40.2 Å². The third-order valence-corrected chi connectivity index (χ3v) is 5.72. The summed E-state index contributed by atoms with van der Waals surface area (Å²) in [5.74, 6) is -0.00757. The van der Waals surface area contributed by atoms with E-state index in [-0.39, 0.29) is 23.7 Å². The van der Waals surface area contributed by atoms with E-state index in [4.69, 9.17) is 0 Å². The third-order valence-electron chi connectivity index (χ3n) is 5.72. The Bertz CT molecular complexity index is 830. The molecule has 1 aromatic heterocycles. The topological polar surface area (TPSA) is 53.5 Å². The highest BCUT2D eigenvalue weighted by atomic mass is 16.2. The van der Waals surface area contributed by atoms with Gasteiger partial charge in [-0.05, 0) is 43.5 Å². The van der Waals surface area contributed by atoms with Crippen LogP contribution in [0.4, 0.5) is 0 Å². The summed E-state index contributed by atoms with van der Waals surface area (Å²) in [7, 11) is 0. The zero-order chi connectivity index (χ0) is 18.8. The maximum absolute atomic E-state index is 13.2. The van der Waals surface area contributed by atoms with E-state index in [1.807, 2.05) is 59.3 Å². The van der Waals surface area contributed by atoms with Crippen LogP contribution in [-0.2, 0) is 4.79 Å². The number of hydrogen-bond donors (Lipinski definition) is 0. The minimum Gasteiger partial charge on any atom is -0.342 e. The van der Waals surface area contributed by atoms with Crippen molar-refractivity contribution in [2.24, 2.45) is 5.92 Å². The fourth-order valence-corrected chi connectivity index (χ4v) is 4.29. The van der Waals surface area contributed by atoms with Crippen LogP contribution in [0.5, 0.6) is 0 Å². The second kappa shape index (κ2) is 7.51. The van der Waals surface area contributed by atoms with Gasteiger partial charge in [-0.1, -0.05) is 23.8 Å². The quantitative estimate of drug-likeness (QED) is 0.843. The molecule has 0 N–H and O–H groups in total. The fraction of sp³-hybridized carbons (Fsp3) is 0.409. The summed E-state index contributed by atoms with van der Waals surface area (Å²) in [6.07, 6.45) is 5.71. The highest BCUT2D eigenvalue weighted by molar-refractivity contribution is 5.95. The molecule has 3 heterocycles. The summed E-state index contributed by atoms with van der Waals surface area (Å²) < 4.78 is 0. The van der Waals surface area contributed by atoms with Crippen LogP contribution in [0.15, 0.2) is 48.8 Å². The molecule has 2 atom stereocenters. The predicted octanol–water partition coefficient (Wildman–Crippen LogP) is 2.87. The van der Waals surface area contributed by atoms with E-state index >= 15 is 0 Å². The molecule has 0 spiro atoms. The summed E-state index contributed by atoms with van der Waals surface area (Å²) in [6, 6.07) is 11.6. The van der Waals surface area contributed by atoms with E-state index in [0.717, 1.165) is 37.1 Å². The van der Waals surface area contributed by atoms with E-state index in [9.17, 15) is 9.59 Å². The molecule has 2 aliphatic rings. The van der Waals surface area contributed by atoms with Gasteiger partial charge < -0.3 is 9.80 Å². The van der Waals surface area contributed by atoms with E-state index < -0.39 is 0 Å². The molecule has 2 fully saturated rings. The molecule has 0 bridgehead atoms. The molecule has 2 saturated heterocycles. The number of carbonyl (C=O) groups is 2. The second-order valence-corrected chi connectivity index (χ2v) is 7.61. The first-order valence-corrected chi connectivity index (χ1v) is 9.68. The van der Waals surface area contributed by atoms with E-state index in [1.165, 1.54) is 0 Å². The highest BCUT2D eigenvalue weighted by Gasteiger charge is 2.42. The van der Waals surface area contributed by atoms with Gasteiger partial charge in [0.1, 0.15) is 0 Å². The molecule has 2 aliphatic heterocycles. The predicted molar refractivity (Wildman–Crippen MR) is 103 cm³/mol. The number of aromatic nitrogens is 1. The number of carbonyl (C=O) groups excluding carboxylic acids is 2. The number of amides is 2. The first kappa shape index (κ1) is 17.7. The monoisotopic (exact) mass is 363 g/mol. The summed E-state index contributed by atoms with van der Waals surface area (Å²) in [5, 5.41) is 0. The van der Waals surface area contributed by atoms with Crippen molar-refractivity contribution in [3.05, 3.63) is 65.5 Å². The normalized spacial score (nSPS) is 22.3. The van der Waals surface area contributed by atoms with Crippen LogP contribution in [0, 0.1) is 12.8 Å². The van der Waals surface area contributed by atoms with Crippen LogP contribution in [0.3, 0.4) is 0 Å². The van der Waals surface area contributed by atoms with Gasteiger partial charge in [0, 0.05) is 50.1 Å². The summed E-state index contributed by atoms with van der Waals surface area (Å²) in [5.41, 5.74) is 2.79. The third kappa shape index (κ3) is 3.59. The number of benzene rings is 1. The number of likely N-dealkylation sites (tertiary alicyclic amines) is 2. The highest BCUT2D eigenvalue weighted by Crippen LogP contribution is 2.35. The molecular formula is C22H25N3O2. The molecular weight excluding hydrogens is 338 g/mol. The summed E-state index contributed by atoms with van der Waals surface area (Å²) in [4.78, 5) is 34.2. The lowest BCUT2D eigenvalue weighted by Crippen LogP contribution is -2.37. The Morgan fingerprint density at radius 2 is 1.85 bits per heavy atom. The van der Waals surface area contributed by atoms with E-state index in [1.54, 1.807) is 6.20 Å². The zero-order valence-corrected chi connectivity index (χ0v) is 15.7. The SMILES string of the molecule is Cc1cccc(C(=O)N2C[C@@H](C(=O)N3CCCC3)[C@H](c3cccnc3)C2)c1. The Hall–Kier alpha value is -2.69. The minimum atomic E-state index is -0.193. The van der Waals surface area contributed by atoms with Crippen LogP contribution in [0.25, 0.3) is 0 Å². The maximum Gasteiger partial charge on any atom is 0.253 e. The molecule has 0 aliphatic carbocycles. The van der Waals surface area contributed by atoms with Crippen molar-refractivity contribution in [3.63, 3.8) is 0 Å². The van der Waals surface area contributed by atoms with Gasteiger partial charge in [0.15, 0.2) is 0 Å².